The summed E-state index contributed by atoms with van der Waals surface area (Å²) >= 11 is 0. The molecule has 2 aromatic carbocycles. The fourth-order valence-electron chi connectivity index (χ4n) is 1.64. The zero-order chi connectivity index (χ0) is 12.6. The van der Waals surface area contributed by atoms with Gasteiger partial charge in [0.25, 0.3) is 10.1 Å². The molecule has 0 atom stereocenters. The van der Waals surface area contributed by atoms with Crippen LogP contribution in [0.4, 0.5) is 5.69 Å². The lowest BCUT2D eigenvalue weighted by Gasteiger charge is -2.07. The smallest absolute Gasteiger partial charge is 0.295 e. The van der Waals surface area contributed by atoms with Crippen LogP contribution in [0, 0.1) is 5.53 Å². The first-order valence-corrected chi connectivity index (χ1v) is 5.99. The Labute approximate surface area is 96.8 Å². The van der Waals surface area contributed by atoms with Crippen molar-refractivity contribution in [1.29, 1.82) is 5.53 Å². The maximum absolute atomic E-state index is 11.2. The van der Waals surface area contributed by atoms with Crippen LogP contribution in [0.15, 0.2) is 40.3 Å². The first kappa shape index (κ1) is 11.5. The van der Waals surface area contributed by atoms with Gasteiger partial charge in [-0.2, -0.15) is 13.5 Å². The van der Waals surface area contributed by atoms with E-state index in [1.807, 2.05) is 0 Å². The van der Waals surface area contributed by atoms with Crippen LogP contribution >= 0.6 is 0 Å². The highest BCUT2D eigenvalue weighted by molar-refractivity contribution is 7.86. The van der Waals surface area contributed by atoms with Gasteiger partial charge in [0.05, 0.1) is 0 Å². The molecule has 88 valence electrons. The predicted octanol–water partition coefficient (Wildman–Crippen LogP) is 2.45. The molecule has 2 aromatic rings. The molecule has 2 rings (SSSR count). The van der Waals surface area contributed by atoms with Crippen molar-refractivity contribution in [3.63, 3.8) is 0 Å². The predicted molar refractivity (Wildman–Crippen MR) is 60.2 cm³/mol. The fraction of sp³-hybridized carbons (Fsp3) is 0. The van der Waals surface area contributed by atoms with Crippen LogP contribution in [0.2, 0.25) is 0 Å². The van der Waals surface area contributed by atoms with Gasteiger partial charge in [0.1, 0.15) is 16.3 Å². The van der Waals surface area contributed by atoms with Gasteiger partial charge in [-0.15, -0.1) is 0 Å². The number of rotatable bonds is 2. The molecule has 0 saturated heterocycles. The van der Waals surface area contributed by atoms with Gasteiger partial charge in [-0.05, 0) is 0 Å². The van der Waals surface area contributed by atoms with Crippen molar-refractivity contribution in [1.82, 2.24) is 0 Å². The summed E-state index contributed by atoms with van der Waals surface area (Å²) in [5, 5.41) is 13.2. The van der Waals surface area contributed by atoms with Crippen LogP contribution < -0.4 is 0 Å². The molecule has 0 aliphatic rings. The molecule has 0 spiro atoms. The van der Waals surface area contributed by atoms with Gasteiger partial charge >= 0.3 is 0 Å². The average molecular weight is 252 g/mol. The molecule has 6 nitrogen and oxygen atoms in total. The summed E-state index contributed by atoms with van der Waals surface area (Å²) in [6, 6.07) is 7.06. The Balaban J connectivity index is 3.04. The summed E-state index contributed by atoms with van der Waals surface area (Å²) in [4.78, 5) is -0.405. The highest BCUT2D eigenvalue weighted by Crippen LogP contribution is 2.38. The van der Waals surface area contributed by atoms with Crippen molar-refractivity contribution in [2.24, 2.45) is 5.11 Å². The number of aromatic hydroxyl groups is 1. The molecule has 0 fully saturated rings. The van der Waals surface area contributed by atoms with Gasteiger partial charge < -0.3 is 5.11 Å². The second kappa shape index (κ2) is 3.79. The minimum absolute atomic E-state index is 0.0343. The van der Waals surface area contributed by atoms with Crippen molar-refractivity contribution >= 4 is 26.6 Å². The maximum Gasteiger partial charge on any atom is 0.295 e. The van der Waals surface area contributed by atoms with E-state index in [0.717, 1.165) is 6.07 Å². The van der Waals surface area contributed by atoms with Crippen molar-refractivity contribution < 1.29 is 18.1 Å². The van der Waals surface area contributed by atoms with Crippen LogP contribution in [0.5, 0.6) is 5.75 Å². The standard InChI is InChI=1S/C10H8N2O4S/c11-12-10-7-4-2-1-3-6(7)9(5-8(10)13)17(14,15)16/h1-5,11,13H,(H,14,15,16). The maximum atomic E-state index is 11.2. The monoisotopic (exact) mass is 252 g/mol. The van der Waals surface area contributed by atoms with E-state index in [0.29, 0.717) is 0 Å². The summed E-state index contributed by atoms with van der Waals surface area (Å²) in [7, 11) is -4.44. The summed E-state index contributed by atoms with van der Waals surface area (Å²) in [5.74, 6) is -0.466. The molecule has 0 amide bonds. The van der Waals surface area contributed by atoms with E-state index in [1.165, 1.54) is 12.1 Å². The van der Waals surface area contributed by atoms with E-state index < -0.39 is 20.8 Å². The minimum atomic E-state index is -4.44. The summed E-state index contributed by atoms with van der Waals surface area (Å²) in [6.07, 6.45) is 0. The first-order chi connectivity index (χ1) is 7.95. The molecule has 0 aliphatic carbocycles. The topological polar surface area (TPSA) is 111 Å². The second-order valence-electron chi connectivity index (χ2n) is 3.37. The Morgan fingerprint density at radius 1 is 1.18 bits per heavy atom. The minimum Gasteiger partial charge on any atom is -0.506 e. The zero-order valence-electron chi connectivity index (χ0n) is 8.45. The number of hydrogen-bond acceptors (Lipinski definition) is 5. The average Bonchev–Trinajstić information content (AvgIpc) is 2.27. The van der Waals surface area contributed by atoms with E-state index in [4.69, 9.17) is 10.1 Å². The van der Waals surface area contributed by atoms with Crippen LogP contribution in [-0.4, -0.2) is 18.1 Å². The van der Waals surface area contributed by atoms with Gasteiger partial charge in [0.15, 0.2) is 0 Å². The highest BCUT2D eigenvalue weighted by atomic mass is 32.2. The molecule has 0 saturated carbocycles. The number of nitrogens with one attached hydrogen (secondary N) is 1. The lowest BCUT2D eigenvalue weighted by molar-refractivity contribution is 0.468. The molecule has 0 aromatic heterocycles. The van der Waals surface area contributed by atoms with Gasteiger partial charge in [-0.25, -0.2) is 5.53 Å². The van der Waals surface area contributed by atoms with E-state index in [2.05, 4.69) is 5.11 Å². The van der Waals surface area contributed by atoms with E-state index in [-0.39, 0.29) is 16.5 Å². The number of fused-ring (bicyclic) bond motifs is 1. The number of benzene rings is 2. The quantitative estimate of drug-likeness (QED) is 0.563. The summed E-state index contributed by atoms with van der Waals surface area (Å²) in [6.45, 7) is 0. The second-order valence-corrected chi connectivity index (χ2v) is 4.76. The number of phenols is 1. The number of hydrogen-bond donors (Lipinski definition) is 3. The third-order valence-corrected chi connectivity index (χ3v) is 3.24. The summed E-state index contributed by atoms with van der Waals surface area (Å²) in [5.41, 5.74) is 6.91. The normalized spacial score (nSPS) is 11.6. The Morgan fingerprint density at radius 2 is 1.76 bits per heavy atom. The van der Waals surface area contributed by atoms with Crippen LogP contribution in [0.25, 0.3) is 10.8 Å². The van der Waals surface area contributed by atoms with Crippen LogP contribution in [-0.2, 0) is 10.1 Å². The lowest BCUT2D eigenvalue weighted by Crippen LogP contribution is -1.99. The lowest BCUT2D eigenvalue weighted by atomic mass is 10.1. The molecule has 0 radical (unpaired) electrons. The van der Waals surface area contributed by atoms with Gasteiger partial charge in [0, 0.05) is 16.8 Å². The molecule has 0 unspecified atom stereocenters. The van der Waals surface area contributed by atoms with Crippen molar-refractivity contribution in [2.75, 3.05) is 0 Å². The number of nitrogens with zero attached hydrogens (tertiary/aromatic N) is 1. The third kappa shape index (κ3) is 1.85. The highest BCUT2D eigenvalue weighted by Gasteiger charge is 2.18. The fourth-order valence-corrected chi connectivity index (χ4v) is 2.36. The van der Waals surface area contributed by atoms with Gasteiger partial charge in [-0.1, -0.05) is 24.3 Å². The van der Waals surface area contributed by atoms with Crippen molar-refractivity contribution in [3.05, 3.63) is 30.3 Å². The molecule has 7 heteroatoms. The Morgan fingerprint density at radius 3 is 2.29 bits per heavy atom. The SMILES string of the molecule is N=Nc1c(O)cc(S(=O)(=O)O)c2ccccc12. The molecular weight excluding hydrogens is 244 g/mol. The largest absolute Gasteiger partial charge is 0.506 e. The number of phenolic OH excluding ortho intramolecular Hbond substituents is 1. The van der Waals surface area contributed by atoms with E-state index >= 15 is 0 Å². The third-order valence-electron chi connectivity index (χ3n) is 2.35. The first-order valence-electron chi connectivity index (χ1n) is 4.55. The van der Waals surface area contributed by atoms with Gasteiger partial charge in [-0.3, -0.25) is 4.55 Å². The summed E-state index contributed by atoms with van der Waals surface area (Å²) < 4.78 is 31.4. The molecular formula is C10H8N2O4S. The Bertz CT molecular complexity index is 710. The molecule has 3 N–H and O–H groups in total. The van der Waals surface area contributed by atoms with E-state index in [1.54, 1.807) is 12.1 Å². The Kier molecular flexibility index (Phi) is 2.56. The Hall–Kier alpha value is -1.99. The van der Waals surface area contributed by atoms with Crippen LogP contribution in [0.1, 0.15) is 0 Å². The van der Waals surface area contributed by atoms with Crippen molar-refractivity contribution in [2.45, 2.75) is 4.90 Å². The molecule has 17 heavy (non-hydrogen) atoms. The van der Waals surface area contributed by atoms with Gasteiger partial charge in [0.2, 0.25) is 0 Å². The van der Waals surface area contributed by atoms with Crippen molar-refractivity contribution in [3.8, 4) is 5.75 Å². The molecule has 0 bridgehead atoms. The zero-order valence-corrected chi connectivity index (χ0v) is 9.27. The molecule has 0 aliphatic heterocycles. The van der Waals surface area contributed by atoms with E-state index in [9.17, 15) is 13.5 Å². The molecule has 0 heterocycles. The van der Waals surface area contributed by atoms with Crippen LogP contribution in [0.3, 0.4) is 0 Å².